The summed E-state index contributed by atoms with van der Waals surface area (Å²) in [5.74, 6) is -1.28. The lowest BCUT2D eigenvalue weighted by Crippen LogP contribution is -2.40. The first-order valence-corrected chi connectivity index (χ1v) is 12.9. The van der Waals surface area contributed by atoms with Crippen molar-refractivity contribution in [1.82, 2.24) is 20.3 Å². The minimum atomic E-state index is -1.02. The Labute approximate surface area is 224 Å². The van der Waals surface area contributed by atoms with Crippen LogP contribution in [0.5, 0.6) is 0 Å². The molecular formula is C27H31BrN4O5. The van der Waals surface area contributed by atoms with E-state index >= 15 is 0 Å². The van der Waals surface area contributed by atoms with E-state index in [2.05, 4.69) is 33.2 Å². The van der Waals surface area contributed by atoms with Gasteiger partial charge in [-0.2, -0.15) is 0 Å². The largest absolute Gasteiger partial charge is 0.478 e. The summed E-state index contributed by atoms with van der Waals surface area (Å²) in [6.07, 6.45) is 4.53. The fraction of sp³-hybridized carbons (Fsp3) is 0.333. The number of carbonyl (C=O) groups excluding carboxylic acids is 2. The highest BCUT2D eigenvalue weighted by atomic mass is 79.9. The molecule has 2 amide bonds. The Kier molecular flexibility index (Phi) is 9.99. The highest BCUT2D eigenvalue weighted by Crippen LogP contribution is 2.21. The first-order chi connectivity index (χ1) is 17.7. The molecule has 3 rings (SSSR count). The number of aromatic nitrogens is 2. The van der Waals surface area contributed by atoms with Crippen molar-refractivity contribution in [3.05, 3.63) is 86.9 Å². The highest BCUT2D eigenvalue weighted by Gasteiger charge is 2.21. The molecule has 0 fully saturated rings. The van der Waals surface area contributed by atoms with E-state index in [4.69, 9.17) is 5.21 Å². The van der Waals surface area contributed by atoms with Crippen molar-refractivity contribution in [2.75, 3.05) is 0 Å². The van der Waals surface area contributed by atoms with E-state index in [1.807, 2.05) is 35.8 Å². The number of aromatic carboxylic acids is 1. The van der Waals surface area contributed by atoms with Crippen molar-refractivity contribution >= 4 is 33.7 Å². The van der Waals surface area contributed by atoms with Gasteiger partial charge < -0.3 is 15.0 Å². The van der Waals surface area contributed by atoms with Crippen LogP contribution in [0.4, 0.5) is 0 Å². The molecule has 0 saturated heterocycles. The van der Waals surface area contributed by atoms with Crippen molar-refractivity contribution < 1.29 is 24.7 Å². The summed E-state index contributed by atoms with van der Waals surface area (Å²) in [4.78, 5) is 41.0. The Bertz CT molecular complexity index is 1270. The third kappa shape index (κ3) is 7.74. The van der Waals surface area contributed by atoms with Crippen LogP contribution in [-0.2, 0) is 24.2 Å². The lowest BCUT2D eigenvalue weighted by atomic mass is 9.99. The third-order valence-electron chi connectivity index (χ3n) is 6.08. The SMILES string of the molecule is CCCCc1nc(C(=O)N[C@@H](CC(=O)NO)Cc2ccccc2C)cn1Cc1ccc(C(=O)O)c(Br)c1. The van der Waals surface area contributed by atoms with Crippen molar-refractivity contribution in [2.45, 2.75) is 58.5 Å². The molecule has 10 heteroatoms. The van der Waals surface area contributed by atoms with Crippen molar-refractivity contribution in [3.63, 3.8) is 0 Å². The van der Waals surface area contributed by atoms with Gasteiger partial charge in [0.25, 0.3) is 5.91 Å². The van der Waals surface area contributed by atoms with Crippen LogP contribution in [0.15, 0.2) is 53.1 Å². The zero-order valence-corrected chi connectivity index (χ0v) is 22.4. The first kappa shape index (κ1) is 28.1. The monoisotopic (exact) mass is 570 g/mol. The minimum absolute atomic E-state index is 0.0933. The number of hydroxylamine groups is 1. The Morgan fingerprint density at radius 3 is 2.57 bits per heavy atom. The summed E-state index contributed by atoms with van der Waals surface area (Å²) in [6, 6.07) is 12.2. The Balaban J connectivity index is 1.83. The molecule has 0 aliphatic carbocycles. The van der Waals surface area contributed by atoms with Crippen LogP contribution in [0.25, 0.3) is 0 Å². The molecule has 0 unspecified atom stereocenters. The van der Waals surface area contributed by atoms with Gasteiger partial charge in [0, 0.05) is 36.1 Å². The summed E-state index contributed by atoms with van der Waals surface area (Å²) < 4.78 is 2.37. The van der Waals surface area contributed by atoms with Gasteiger partial charge in [-0.15, -0.1) is 0 Å². The lowest BCUT2D eigenvalue weighted by molar-refractivity contribution is -0.129. The number of carbonyl (C=O) groups is 3. The zero-order chi connectivity index (χ0) is 26.9. The quantitative estimate of drug-likeness (QED) is 0.190. The third-order valence-corrected chi connectivity index (χ3v) is 6.74. The second kappa shape index (κ2) is 13.2. The van der Waals surface area contributed by atoms with Gasteiger partial charge in [0.2, 0.25) is 5.91 Å². The van der Waals surface area contributed by atoms with Crippen LogP contribution < -0.4 is 10.8 Å². The van der Waals surface area contributed by atoms with E-state index in [9.17, 15) is 19.5 Å². The molecule has 0 saturated carbocycles. The number of hydrogen-bond acceptors (Lipinski definition) is 5. The molecule has 9 nitrogen and oxygen atoms in total. The van der Waals surface area contributed by atoms with Gasteiger partial charge in [0.15, 0.2) is 0 Å². The molecular weight excluding hydrogens is 540 g/mol. The molecule has 37 heavy (non-hydrogen) atoms. The van der Waals surface area contributed by atoms with E-state index in [-0.39, 0.29) is 17.7 Å². The van der Waals surface area contributed by atoms with Crippen LogP contribution >= 0.6 is 15.9 Å². The molecule has 196 valence electrons. The number of nitrogens with one attached hydrogen (secondary N) is 2. The maximum absolute atomic E-state index is 13.2. The van der Waals surface area contributed by atoms with E-state index < -0.39 is 23.8 Å². The predicted molar refractivity (Wildman–Crippen MR) is 142 cm³/mol. The van der Waals surface area contributed by atoms with Crippen molar-refractivity contribution in [3.8, 4) is 0 Å². The predicted octanol–water partition coefficient (Wildman–Crippen LogP) is 4.28. The maximum Gasteiger partial charge on any atom is 0.336 e. The normalized spacial score (nSPS) is 11.7. The Hall–Kier alpha value is -3.50. The van der Waals surface area contributed by atoms with Crippen LogP contribution in [0.1, 0.15) is 69.5 Å². The second-order valence-corrected chi connectivity index (χ2v) is 9.79. The van der Waals surface area contributed by atoms with Crippen LogP contribution in [0, 0.1) is 6.92 Å². The van der Waals surface area contributed by atoms with E-state index in [0.717, 1.165) is 35.4 Å². The van der Waals surface area contributed by atoms with Gasteiger partial charge in [-0.1, -0.05) is 43.7 Å². The Morgan fingerprint density at radius 1 is 1.16 bits per heavy atom. The van der Waals surface area contributed by atoms with E-state index in [0.29, 0.717) is 23.9 Å². The lowest BCUT2D eigenvalue weighted by Gasteiger charge is -2.18. The second-order valence-electron chi connectivity index (χ2n) is 8.93. The topological polar surface area (TPSA) is 134 Å². The average molecular weight is 571 g/mol. The van der Waals surface area contributed by atoms with Crippen molar-refractivity contribution in [1.29, 1.82) is 0 Å². The van der Waals surface area contributed by atoms with Crippen LogP contribution in [0.2, 0.25) is 0 Å². The molecule has 3 aromatic rings. The van der Waals surface area contributed by atoms with E-state index in [1.165, 1.54) is 0 Å². The van der Waals surface area contributed by atoms with Gasteiger partial charge >= 0.3 is 5.97 Å². The fourth-order valence-electron chi connectivity index (χ4n) is 4.07. The number of rotatable bonds is 12. The number of amides is 2. The molecule has 0 spiro atoms. The van der Waals surface area contributed by atoms with Crippen LogP contribution in [-0.4, -0.2) is 43.7 Å². The van der Waals surface area contributed by atoms with E-state index in [1.54, 1.807) is 29.9 Å². The number of halogens is 1. The molecule has 1 aromatic heterocycles. The van der Waals surface area contributed by atoms with Gasteiger partial charge in [-0.3, -0.25) is 14.8 Å². The molecule has 0 aliphatic rings. The zero-order valence-electron chi connectivity index (χ0n) is 20.8. The minimum Gasteiger partial charge on any atom is -0.478 e. The molecule has 1 heterocycles. The molecule has 1 atom stereocenters. The summed E-state index contributed by atoms with van der Waals surface area (Å²) in [7, 11) is 0. The summed E-state index contributed by atoms with van der Waals surface area (Å²) >= 11 is 3.31. The average Bonchev–Trinajstić information content (AvgIpc) is 3.26. The fourth-order valence-corrected chi connectivity index (χ4v) is 4.67. The number of aryl methyl sites for hydroxylation is 2. The summed E-state index contributed by atoms with van der Waals surface area (Å²) in [6.45, 7) is 4.45. The molecule has 0 bridgehead atoms. The smallest absolute Gasteiger partial charge is 0.336 e. The number of hydrogen-bond donors (Lipinski definition) is 4. The van der Waals surface area contributed by atoms with Gasteiger partial charge in [0.1, 0.15) is 11.5 Å². The summed E-state index contributed by atoms with van der Waals surface area (Å²) in [5.41, 5.74) is 4.92. The van der Waals surface area contributed by atoms with Gasteiger partial charge in [-0.05, 0) is 64.5 Å². The first-order valence-electron chi connectivity index (χ1n) is 12.1. The highest BCUT2D eigenvalue weighted by molar-refractivity contribution is 9.10. The number of carboxylic acids is 1. The van der Waals surface area contributed by atoms with Crippen LogP contribution in [0.3, 0.4) is 0 Å². The number of unbranched alkanes of at least 4 members (excludes halogenated alkanes) is 1. The Morgan fingerprint density at radius 2 is 1.92 bits per heavy atom. The standard InChI is InChI=1S/C27H31BrN4O5/c1-3-4-9-24-30-23(16-32(24)15-18-10-11-21(27(35)36)22(28)12-18)26(34)29-20(14-25(33)31-37)13-19-8-6-5-7-17(19)2/h5-8,10-12,16,20,37H,3-4,9,13-15H2,1-2H3,(H,29,34)(H,31,33)(H,35,36)/t20-/m1/s1. The summed E-state index contributed by atoms with van der Waals surface area (Å²) in [5, 5.41) is 21.2. The number of imidazole rings is 1. The number of benzene rings is 2. The molecule has 2 aromatic carbocycles. The molecule has 0 radical (unpaired) electrons. The van der Waals surface area contributed by atoms with Gasteiger partial charge in [-0.25, -0.2) is 15.3 Å². The number of nitrogens with zero attached hydrogens (tertiary/aromatic N) is 2. The van der Waals surface area contributed by atoms with Crippen molar-refractivity contribution in [2.24, 2.45) is 0 Å². The van der Waals surface area contributed by atoms with Gasteiger partial charge in [0.05, 0.1) is 5.56 Å². The molecule has 0 aliphatic heterocycles. The number of carboxylic acid groups (broad SMARTS) is 1. The maximum atomic E-state index is 13.2. The molecule has 4 N–H and O–H groups in total.